The van der Waals surface area contributed by atoms with E-state index in [-0.39, 0.29) is 17.7 Å². The van der Waals surface area contributed by atoms with Gasteiger partial charge in [0, 0.05) is 5.02 Å². The van der Waals surface area contributed by atoms with Crippen molar-refractivity contribution in [1.29, 1.82) is 0 Å². The Balaban J connectivity index is 2.51. The van der Waals surface area contributed by atoms with E-state index in [1.807, 2.05) is 13.0 Å². The Morgan fingerprint density at radius 3 is 2.60 bits per heavy atom. The lowest BCUT2D eigenvalue weighted by Crippen LogP contribution is -2.22. The summed E-state index contributed by atoms with van der Waals surface area (Å²) in [6.07, 6.45) is 0. The highest BCUT2D eigenvalue weighted by Gasteiger charge is 2.18. The normalized spacial score (nSPS) is 12.4. The molecule has 1 nitrogen and oxygen atoms in total. The van der Waals surface area contributed by atoms with Gasteiger partial charge in [0.2, 0.25) is 0 Å². The SMILES string of the molecule is CCNC(c1cccc(F)c1)c1cc(C)c(F)cc1Cl. The van der Waals surface area contributed by atoms with Crippen LogP contribution in [0.4, 0.5) is 8.78 Å². The Morgan fingerprint density at radius 2 is 1.95 bits per heavy atom. The van der Waals surface area contributed by atoms with Crippen LogP contribution in [0, 0.1) is 18.6 Å². The summed E-state index contributed by atoms with van der Waals surface area (Å²) in [7, 11) is 0. The van der Waals surface area contributed by atoms with Gasteiger partial charge in [0.1, 0.15) is 11.6 Å². The fraction of sp³-hybridized carbons (Fsp3) is 0.250. The average Bonchev–Trinajstić information content (AvgIpc) is 2.40. The van der Waals surface area contributed by atoms with Gasteiger partial charge in [-0.15, -0.1) is 0 Å². The summed E-state index contributed by atoms with van der Waals surface area (Å²) in [5.41, 5.74) is 2.03. The predicted molar refractivity (Wildman–Crippen MR) is 78.1 cm³/mol. The zero-order valence-corrected chi connectivity index (χ0v) is 12.1. The van der Waals surface area contributed by atoms with Gasteiger partial charge in [-0.25, -0.2) is 8.78 Å². The molecule has 0 radical (unpaired) electrons. The lowest BCUT2D eigenvalue weighted by molar-refractivity contribution is 0.596. The average molecular weight is 296 g/mol. The number of benzene rings is 2. The molecule has 2 rings (SSSR count). The smallest absolute Gasteiger partial charge is 0.127 e. The van der Waals surface area contributed by atoms with E-state index in [1.165, 1.54) is 18.2 Å². The molecule has 106 valence electrons. The van der Waals surface area contributed by atoms with Crippen LogP contribution in [0.5, 0.6) is 0 Å². The Bertz CT molecular complexity index is 613. The summed E-state index contributed by atoms with van der Waals surface area (Å²) < 4.78 is 26.9. The van der Waals surface area contributed by atoms with Crippen molar-refractivity contribution >= 4 is 11.6 Å². The summed E-state index contributed by atoms with van der Waals surface area (Å²) >= 11 is 6.15. The minimum absolute atomic E-state index is 0.262. The fourth-order valence-electron chi connectivity index (χ4n) is 2.20. The van der Waals surface area contributed by atoms with Crippen LogP contribution in [0.25, 0.3) is 0 Å². The molecule has 0 saturated heterocycles. The first-order valence-corrected chi connectivity index (χ1v) is 6.85. The van der Waals surface area contributed by atoms with E-state index in [4.69, 9.17) is 11.6 Å². The molecule has 2 aromatic rings. The van der Waals surface area contributed by atoms with E-state index in [1.54, 1.807) is 19.1 Å². The van der Waals surface area contributed by atoms with E-state index >= 15 is 0 Å². The van der Waals surface area contributed by atoms with Crippen molar-refractivity contribution in [2.24, 2.45) is 0 Å². The molecule has 0 fully saturated rings. The molecule has 0 bridgehead atoms. The summed E-state index contributed by atoms with van der Waals surface area (Å²) in [6.45, 7) is 4.33. The third-order valence-electron chi connectivity index (χ3n) is 3.18. The van der Waals surface area contributed by atoms with Crippen molar-refractivity contribution in [2.45, 2.75) is 19.9 Å². The van der Waals surface area contributed by atoms with Crippen LogP contribution in [0.3, 0.4) is 0 Å². The lowest BCUT2D eigenvalue weighted by Gasteiger charge is -2.21. The molecule has 1 atom stereocenters. The van der Waals surface area contributed by atoms with Crippen molar-refractivity contribution in [3.63, 3.8) is 0 Å². The van der Waals surface area contributed by atoms with Gasteiger partial charge in [0.25, 0.3) is 0 Å². The molecule has 1 unspecified atom stereocenters. The lowest BCUT2D eigenvalue weighted by atomic mass is 9.97. The van der Waals surface area contributed by atoms with E-state index in [0.29, 0.717) is 17.1 Å². The number of hydrogen-bond acceptors (Lipinski definition) is 1. The molecule has 4 heteroatoms. The first-order chi connectivity index (χ1) is 9.52. The Morgan fingerprint density at radius 1 is 1.20 bits per heavy atom. The number of aryl methyl sites for hydroxylation is 1. The molecule has 0 aliphatic rings. The highest BCUT2D eigenvalue weighted by molar-refractivity contribution is 6.31. The molecule has 1 N–H and O–H groups in total. The number of halogens is 3. The summed E-state index contributed by atoms with van der Waals surface area (Å²) in [5, 5.41) is 3.59. The number of hydrogen-bond donors (Lipinski definition) is 1. The van der Waals surface area contributed by atoms with Crippen molar-refractivity contribution in [3.05, 3.63) is 69.7 Å². The zero-order chi connectivity index (χ0) is 14.7. The van der Waals surface area contributed by atoms with Crippen molar-refractivity contribution in [3.8, 4) is 0 Å². The van der Waals surface area contributed by atoms with E-state index in [0.717, 1.165) is 11.1 Å². The molecule has 0 heterocycles. The van der Waals surface area contributed by atoms with Crippen LogP contribution in [-0.4, -0.2) is 6.54 Å². The summed E-state index contributed by atoms with van der Waals surface area (Å²) in [4.78, 5) is 0. The quantitative estimate of drug-likeness (QED) is 0.867. The zero-order valence-electron chi connectivity index (χ0n) is 11.4. The molecular formula is C16H16ClF2N. The molecule has 0 aliphatic carbocycles. The minimum atomic E-state index is -0.340. The second-order valence-corrected chi connectivity index (χ2v) is 5.08. The van der Waals surface area contributed by atoms with E-state index in [9.17, 15) is 8.78 Å². The fourth-order valence-corrected chi connectivity index (χ4v) is 2.46. The van der Waals surface area contributed by atoms with Crippen LogP contribution in [-0.2, 0) is 0 Å². The Hall–Kier alpha value is -1.45. The van der Waals surface area contributed by atoms with Crippen molar-refractivity contribution in [2.75, 3.05) is 6.54 Å². The third-order valence-corrected chi connectivity index (χ3v) is 3.51. The maximum absolute atomic E-state index is 13.5. The molecule has 0 spiro atoms. The molecule has 0 aliphatic heterocycles. The highest BCUT2D eigenvalue weighted by Crippen LogP contribution is 2.30. The van der Waals surface area contributed by atoms with Crippen LogP contribution < -0.4 is 5.32 Å². The second-order valence-electron chi connectivity index (χ2n) is 4.67. The van der Waals surface area contributed by atoms with Crippen LogP contribution in [0.1, 0.15) is 29.7 Å². The molecule has 2 aromatic carbocycles. The van der Waals surface area contributed by atoms with Crippen LogP contribution in [0.15, 0.2) is 36.4 Å². The minimum Gasteiger partial charge on any atom is -0.306 e. The molecular weight excluding hydrogens is 280 g/mol. The van der Waals surface area contributed by atoms with Gasteiger partial charge in [-0.1, -0.05) is 30.7 Å². The highest BCUT2D eigenvalue weighted by atomic mass is 35.5. The maximum atomic E-state index is 13.5. The summed E-state index contributed by atoms with van der Waals surface area (Å²) in [5.74, 6) is -0.645. The van der Waals surface area contributed by atoms with Gasteiger partial charge >= 0.3 is 0 Å². The van der Waals surface area contributed by atoms with E-state index < -0.39 is 0 Å². The predicted octanol–water partition coefficient (Wildman–Crippen LogP) is 4.63. The molecule has 0 aromatic heterocycles. The summed E-state index contributed by atoms with van der Waals surface area (Å²) in [6, 6.07) is 9.07. The van der Waals surface area contributed by atoms with Gasteiger partial charge in [-0.05, 0) is 54.4 Å². The third kappa shape index (κ3) is 3.17. The van der Waals surface area contributed by atoms with Gasteiger partial charge < -0.3 is 5.32 Å². The van der Waals surface area contributed by atoms with Crippen molar-refractivity contribution in [1.82, 2.24) is 5.32 Å². The van der Waals surface area contributed by atoms with Crippen LogP contribution in [0.2, 0.25) is 5.02 Å². The molecule has 0 saturated carbocycles. The van der Waals surface area contributed by atoms with Crippen molar-refractivity contribution < 1.29 is 8.78 Å². The molecule has 20 heavy (non-hydrogen) atoms. The first kappa shape index (κ1) is 14.9. The number of rotatable bonds is 4. The molecule has 0 amide bonds. The second kappa shape index (κ2) is 6.33. The monoisotopic (exact) mass is 295 g/mol. The first-order valence-electron chi connectivity index (χ1n) is 6.47. The van der Waals surface area contributed by atoms with Crippen LogP contribution >= 0.6 is 11.6 Å². The van der Waals surface area contributed by atoms with Gasteiger partial charge in [0.15, 0.2) is 0 Å². The van der Waals surface area contributed by atoms with E-state index in [2.05, 4.69) is 5.32 Å². The maximum Gasteiger partial charge on any atom is 0.127 e. The van der Waals surface area contributed by atoms with Gasteiger partial charge in [-0.2, -0.15) is 0 Å². The largest absolute Gasteiger partial charge is 0.306 e. The standard InChI is InChI=1S/C16H16ClF2N/c1-3-20-16(11-5-4-6-12(18)8-11)13-7-10(2)15(19)9-14(13)17/h4-9,16,20H,3H2,1-2H3. The topological polar surface area (TPSA) is 12.0 Å². The number of nitrogens with one attached hydrogen (secondary N) is 1. The Labute approximate surface area is 122 Å². The Kier molecular flexibility index (Phi) is 4.73. The van der Waals surface area contributed by atoms with Gasteiger partial charge in [0.05, 0.1) is 6.04 Å². The van der Waals surface area contributed by atoms with Gasteiger partial charge in [-0.3, -0.25) is 0 Å².